The number of aromatic nitrogens is 2. The average Bonchev–Trinajstić information content (AvgIpc) is 2.95. The van der Waals surface area contributed by atoms with Gasteiger partial charge in [0, 0.05) is 12.8 Å². The lowest BCUT2D eigenvalue weighted by Crippen LogP contribution is -2.48. The van der Waals surface area contributed by atoms with Crippen molar-refractivity contribution in [2.75, 3.05) is 5.32 Å². The van der Waals surface area contributed by atoms with Gasteiger partial charge in [0.1, 0.15) is 5.01 Å². The molecule has 1 atom stereocenters. The van der Waals surface area contributed by atoms with Crippen LogP contribution >= 0.6 is 11.3 Å². The highest BCUT2D eigenvalue weighted by atomic mass is 32.1. The van der Waals surface area contributed by atoms with Gasteiger partial charge in [0.25, 0.3) is 5.91 Å². The van der Waals surface area contributed by atoms with Gasteiger partial charge >= 0.3 is 5.97 Å². The SMILES string of the molecule is CCCc1nnc(NC(=O)[C@@]2(C)Cc3ccccc3C(=O)O2)s1. The lowest BCUT2D eigenvalue weighted by molar-refractivity contribution is -0.134. The van der Waals surface area contributed by atoms with Crippen molar-refractivity contribution >= 4 is 28.3 Å². The van der Waals surface area contributed by atoms with Crippen molar-refractivity contribution in [1.29, 1.82) is 0 Å². The average molecular weight is 331 g/mol. The Balaban J connectivity index is 1.77. The molecule has 1 aromatic heterocycles. The zero-order chi connectivity index (χ0) is 16.4. The molecule has 2 heterocycles. The lowest BCUT2D eigenvalue weighted by atomic mass is 9.89. The normalized spacial score (nSPS) is 19.8. The van der Waals surface area contributed by atoms with Gasteiger partial charge in [0.05, 0.1) is 5.56 Å². The minimum Gasteiger partial charge on any atom is -0.445 e. The van der Waals surface area contributed by atoms with Gasteiger partial charge in [-0.1, -0.05) is 36.5 Å². The molecule has 1 aromatic carbocycles. The third-order valence-electron chi connectivity index (χ3n) is 3.71. The Morgan fingerprint density at radius 2 is 2.17 bits per heavy atom. The topological polar surface area (TPSA) is 81.2 Å². The van der Waals surface area contributed by atoms with Crippen LogP contribution in [0, 0.1) is 0 Å². The van der Waals surface area contributed by atoms with Crippen molar-refractivity contribution in [3.05, 3.63) is 40.4 Å². The van der Waals surface area contributed by atoms with Crippen molar-refractivity contribution in [2.45, 2.75) is 38.7 Å². The van der Waals surface area contributed by atoms with Gasteiger partial charge < -0.3 is 4.74 Å². The maximum Gasteiger partial charge on any atom is 0.339 e. The second-order valence-corrected chi connectivity index (χ2v) is 6.72. The van der Waals surface area contributed by atoms with Gasteiger partial charge in [-0.3, -0.25) is 10.1 Å². The summed E-state index contributed by atoms with van der Waals surface area (Å²) >= 11 is 1.34. The first kappa shape index (κ1) is 15.6. The maximum absolute atomic E-state index is 12.6. The van der Waals surface area contributed by atoms with Crippen molar-refractivity contribution in [3.8, 4) is 0 Å². The quantitative estimate of drug-likeness (QED) is 0.871. The molecule has 0 saturated carbocycles. The largest absolute Gasteiger partial charge is 0.445 e. The number of hydrogen-bond donors (Lipinski definition) is 1. The van der Waals surface area contributed by atoms with E-state index in [-0.39, 0.29) is 5.91 Å². The number of cyclic esters (lactones) is 1. The van der Waals surface area contributed by atoms with E-state index in [1.54, 1.807) is 19.1 Å². The first-order chi connectivity index (χ1) is 11.0. The highest BCUT2D eigenvalue weighted by Crippen LogP contribution is 2.29. The van der Waals surface area contributed by atoms with Crippen LogP contribution < -0.4 is 5.32 Å². The Morgan fingerprint density at radius 1 is 1.39 bits per heavy atom. The van der Waals surface area contributed by atoms with Crippen molar-refractivity contribution < 1.29 is 14.3 Å². The molecule has 23 heavy (non-hydrogen) atoms. The molecular formula is C16H17N3O3S. The summed E-state index contributed by atoms with van der Waals surface area (Å²) in [6.07, 6.45) is 2.13. The Hall–Kier alpha value is -2.28. The second kappa shape index (κ2) is 6.08. The summed E-state index contributed by atoms with van der Waals surface area (Å²) in [5.74, 6) is -0.868. The highest BCUT2D eigenvalue weighted by Gasteiger charge is 2.42. The number of ether oxygens (including phenoxy) is 1. The van der Waals surface area contributed by atoms with E-state index in [4.69, 9.17) is 4.74 Å². The molecule has 0 saturated heterocycles. The van der Waals surface area contributed by atoms with E-state index in [1.807, 2.05) is 12.1 Å². The molecule has 0 fully saturated rings. The van der Waals surface area contributed by atoms with Crippen LogP contribution in [-0.2, 0) is 22.4 Å². The first-order valence-electron chi connectivity index (χ1n) is 7.47. The van der Waals surface area contributed by atoms with Crippen molar-refractivity contribution in [1.82, 2.24) is 10.2 Å². The summed E-state index contributed by atoms with van der Waals surface area (Å²) in [6.45, 7) is 3.67. The molecule has 0 unspecified atom stereocenters. The smallest absolute Gasteiger partial charge is 0.339 e. The number of nitrogens with one attached hydrogen (secondary N) is 1. The predicted octanol–water partition coefficient (Wildman–Crippen LogP) is 2.60. The summed E-state index contributed by atoms with van der Waals surface area (Å²) in [4.78, 5) is 24.7. The molecule has 1 N–H and O–H groups in total. The third kappa shape index (κ3) is 3.10. The van der Waals surface area contributed by atoms with E-state index >= 15 is 0 Å². The number of hydrogen-bond acceptors (Lipinski definition) is 6. The number of anilines is 1. The van der Waals surface area contributed by atoms with Crippen LogP contribution in [-0.4, -0.2) is 27.7 Å². The summed E-state index contributed by atoms with van der Waals surface area (Å²) < 4.78 is 5.39. The summed E-state index contributed by atoms with van der Waals surface area (Å²) in [5.41, 5.74) is 0.0754. The van der Waals surface area contributed by atoms with Gasteiger partial charge in [-0.05, 0) is 25.0 Å². The van der Waals surface area contributed by atoms with Gasteiger partial charge in [0.15, 0.2) is 5.60 Å². The number of carbonyl (C=O) groups is 2. The molecule has 0 bridgehead atoms. The Labute approximate surface area is 137 Å². The first-order valence-corrected chi connectivity index (χ1v) is 8.28. The van der Waals surface area contributed by atoms with E-state index in [0.717, 1.165) is 23.4 Å². The molecule has 1 aliphatic rings. The molecule has 0 radical (unpaired) electrons. The number of esters is 1. The van der Waals surface area contributed by atoms with Crippen molar-refractivity contribution in [2.24, 2.45) is 0 Å². The van der Waals surface area contributed by atoms with Crippen LogP contribution in [0.4, 0.5) is 5.13 Å². The number of carbonyl (C=O) groups excluding carboxylic acids is 2. The number of nitrogens with zero attached hydrogens (tertiary/aromatic N) is 2. The molecule has 6 nitrogen and oxygen atoms in total. The van der Waals surface area contributed by atoms with E-state index in [0.29, 0.717) is 17.1 Å². The fourth-order valence-corrected chi connectivity index (χ4v) is 3.34. The van der Waals surface area contributed by atoms with Crippen molar-refractivity contribution in [3.63, 3.8) is 0 Å². The molecule has 120 valence electrons. The molecule has 1 aliphatic heterocycles. The Morgan fingerprint density at radius 3 is 2.96 bits per heavy atom. The standard InChI is InChI=1S/C16H17N3O3S/c1-3-6-12-18-19-15(23-12)17-14(21)16(2)9-10-7-4-5-8-11(10)13(20)22-16/h4-5,7-8H,3,6,9H2,1-2H3,(H,17,19,21)/t16-/m1/s1. The molecule has 0 spiro atoms. The van der Waals surface area contributed by atoms with Gasteiger partial charge in [-0.15, -0.1) is 10.2 Å². The maximum atomic E-state index is 12.6. The van der Waals surface area contributed by atoms with Crippen LogP contribution in [0.1, 0.15) is 41.2 Å². The van der Waals surface area contributed by atoms with Gasteiger partial charge in [-0.25, -0.2) is 4.79 Å². The Bertz CT molecular complexity index is 759. The zero-order valence-electron chi connectivity index (χ0n) is 13.0. The molecule has 3 rings (SSSR count). The van der Waals surface area contributed by atoms with Crippen LogP contribution in [0.15, 0.2) is 24.3 Å². The van der Waals surface area contributed by atoms with E-state index in [9.17, 15) is 9.59 Å². The predicted molar refractivity (Wildman–Crippen MR) is 86.5 cm³/mol. The number of benzene rings is 1. The minimum atomic E-state index is -1.25. The molecule has 0 aliphatic carbocycles. The summed E-state index contributed by atoms with van der Waals surface area (Å²) in [6, 6.07) is 7.17. The second-order valence-electron chi connectivity index (χ2n) is 5.66. The summed E-state index contributed by atoms with van der Waals surface area (Å²) in [7, 11) is 0. The van der Waals surface area contributed by atoms with E-state index < -0.39 is 11.6 Å². The molecule has 2 aromatic rings. The molecule has 1 amide bonds. The van der Waals surface area contributed by atoms with Crippen LogP contribution in [0.25, 0.3) is 0 Å². The van der Waals surface area contributed by atoms with Crippen LogP contribution in [0.5, 0.6) is 0 Å². The van der Waals surface area contributed by atoms with Gasteiger partial charge in [0.2, 0.25) is 5.13 Å². The van der Waals surface area contributed by atoms with E-state index in [1.165, 1.54) is 11.3 Å². The van der Waals surface area contributed by atoms with Gasteiger partial charge in [-0.2, -0.15) is 0 Å². The molecule has 7 heteroatoms. The zero-order valence-corrected chi connectivity index (χ0v) is 13.8. The fraction of sp³-hybridized carbons (Fsp3) is 0.375. The minimum absolute atomic E-state index is 0.335. The number of amides is 1. The van der Waals surface area contributed by atoms with E-state index in [2.05, 4.69) is 22.4 Å². The fourth-order valence-electron chi connectivity index (χ4n) is 2.51. The third-order valence-corrected chi connectivity index (χ3v) is 4.61. The number of rotatable bonds is 4. The Kier molecular flexibility index (Phi) is 4.12. The number of fused-ring (bicyclic) bond motifs is 1. The van der Waals surface area contributed by atoms with Crippen LogP contribution in [0.3, 0.4) is 0 Å². The monoisotopic (exact) mass is 331 g/mol. The van der Waals surface area contributed by atoms with Crippen LogP contribution in [0.2, 0.25) is 0 Å². The number of aryl methyl sites for hydroxylation is 1. The molecular weight excluding hydrogens is 314 g/mol. The lowest BCUT2D eigenvalue weighted by Gasteiger charge is -2.32. The highest BCUT2D eigenvalue weighted by molar-refractivity contribution is 7.15. The summed E-state index contributed by atoms with van der Waals surface area (Å²) in [5, 5.41) is 12.0.